The predicted molar refractivity (Wildman–Crippen MR) is 40.5 cm³/mol. The summed E-state index contributed by atoms with van der Waals surface area (Å²) in [5.41, 5.74) is 9.10. The second kappa shape index (κ2) is 3.51. The van der Waals surface area contributed by atoms with Crippen molar-refractivity contribution in [3.63, 3.8) is 0 Å². The summed E-state index contributed by atoms with van der Waals surface area (Å²) < 4.78 is 12.4. The van der Waals surface area contributed by atoms with Crippen LogP contribution in [0.1, 0.15) is 0 Å². The average molecular weight is 170 g/mol. The maximum Gasteiger partial charge on any atom is 0.330 e. The molecule has 5 nitrogen and oxygen atoms in total. The van der Waals surface area contributed by atoms with E-state index in [-0.39, 0.29) is 5.82 Å². The molecule has 0 saturated carbocycles. The van der Waals surface area contributed by atoms with E-state index in [0.717, 1.165) is 0 Å². The summed E-state index contributed by atoms with van der Waals surface area (Å²) in [4.78, 5) is 13.6. The molecule has 0 aliphatic carbocycles. The zero-order valence-electron chi connectivity index (χ0n) is 6.04. The lowest BCUT2D eigenvalue weighted by molar-refractivity contribution is 0.250. The number of nitrogens with zero attached hydrogens (tertiary/aromatic N) is 1. The third-order valence-electron chi connectivity index (χ3n) is 1.03. The third kappa shape index (κ3) is 2.41. The van der Waals surface area contributed by atoms with Gasteiger partial charge in [-0.1, -0.05) is 6.07 Å². The molecule has 0 bridgehead atoms. The summed E-state index contributed by atoms with van der Waals surface area (Å²) in [5, 5.41) is 0. The molecule has 0 aliphatic heterocycles. The Morgan fingerprint density at radius 1 is 1.58 bits per heavy atom. The summed E-state index contributed by atoms with van der Waals surface area (Å²) in [6.45, 7) is 0. The Balaban J connectivity index is 2.57. The molecule has 0 fully saturated rings. The normalized spacial score (nSPS) is 9.08. The number of pyridine rings is 1. The predicted octanol–water partition coefficient (Wildman–Crippen LogP) is 0.216. The largest absolute Gasteiger partial charge is 0.350 e. The van der Waals surface area contributed by atoms with Gasteiger partial charge in [-0.05, 0) is 12.1 Å². The molecule has 1 rings (SSSR count). The molecule has 0 saturated heterocycles. The SMILES string of the molecule is NC(=O)NNc1cccc(F)n1. The van der Waals surface area contributed by atoms with E-state index in [9.17, 15) is 9.18 Å². The van der Waals surface area contributed by atoms with Gasteiger partial charge in [-0.3, -0.25) is 10.9 Å². The van der Waals surface area contributed by atoms with Gasteiger partial charge in [-0.25, -0.2) is 9.78 Å². The zero-order valence-corrected chi connectivity index (χ0v) is 6.04. The molecule has 4 N–H and O–H groups in total. The number of hydrazine groups is 1. The van der Waals surface area contributed by atoms with Crippen LogP contribution in [0.25, 0.3) is 0 Å². The Bertz CT molecular complexity index is 291. The van der Waals surface area contributed by atoms with Gasteiger partial charge in [0.1, 0.15) is 5.82 Å². The summed E-state index contributed by atoms with van der Waals surface area (Å²) >= 11 is 0. The highest BCUT2D eigenvalue weighted by Crippen LogP contribution is 2.00. The monoisotopic (exact) mass is 170 g/mol. The van der Waals surface area contributed by atoms with Gasteiger partial charge in [-0.15, -0.1) is 0 Å². The van der Waals surface area contributed by atoms with Gasteiger partial charge in [0.2, 0.25) is 5.95 Å². The Morgan fingerprint density at radius 2 is 2.33 bits per heavy atom. The topological polar surface area (TPSA) is 80.0 Å². The number of rotatable bonds is 2. The fraction of sp³-hybridized carbons (Fsp3) is 0. The Hall–Kier alpha value is -1.85. The number of halogens is 1. The third-order valence-corrected chi connectivity index (χ3v) is 1.03. The van der Waals surface area contributed by atoms with Gasteiger partial charge in [0.15, 0.2) is 0 Å². The van der Waals surface area contributed by atoms with Crippen molar-refractivity contribution < 1.29 is 9.18 Å². The maximum absolute atomic E-state index is 12.4. The van der Waals surface area contributed by atoms with Crippen LogP contribution >= 0.6 is 0 Å². The van der Waals surface area contributed by atoms with Crippen molar-refractivity contribution in [2.45, 2.75) is 0 Å². The molecule has 0 aliphatic rings. The lowest BCUT2D eigenvalue weighted by atomic mass is 10.5. The van der Waals surface area contributed by atoms with Gasteiger partial charge in [0.05, 0.1) is 0 Å². The Labute approximate surface area is 67.8 Å². The minimum absolute atomic E-state index is 0.189. The summed E-state index contributed by atoms with van der Waals surface area (Å²) in [6.07, 6.45) is 0. The van der Waals surface area contributed by atoms with E-state index in [1.807, 2.05) is 5.43 Å². The highest BCUT2D eigenvalue weighted by molar-refractivity contribution is 5.72. The number of urea groups is 1. The van der Waals surface area contributed by atoms with E-state index < -0.39 is 12.0 Å². The van der Waals surface area contributed by atoms with Crippen LogP contribution in [0.15, 0.2) is 18.2 Å². The quantitative estimate of drug-likeness (QED) is 0.438. The standard InChI is InChI=1S/C6H7FN4O/c7-4-2-1-3-5(9-4)10-11-6(8)12/h1-3H,(H,9,10)(H3,8,11,12). The number of aromatic nitrogens is 1. The number of carbonyl (C=O) groups is 1. The molecular formula is C6H7FN4O. The summed E-state index contributed by atoms with van der Waals surface area (Å²) in [6, 6.07) is 3.36. The lowest BCUT2D eigenvalue weighted by Gasteiger charge is -2.03. The van der Waals surface area contributed by atoms with Crippen molar-refractivity contribution in [1.82, 2.24) is 10.4 Å². The van der Waals surface area contributed by atoms with E-state index >= 15 is 0 Å². The first kappa shape index (κ1) is 8.25. The van der Waals surface area contributed by atoms with E-state index in [2.05, 4.69) is 10.4 Å². The maximum atomic E-state index is 12.4. The molecule has 2 amide bonds. The molecule has 0 atom stereocenters. The number of anilines is 1. The Kier molecular flexibility index (Phi) is 2.42. The average Bonchev–Trinajstić information content (AvgIpc) is 2.01. The number of primary amides is 1. The number of nitrogens with two attached hydrogens (primary N) is 1. The van der Waals surface area contributed by atoms with Crippen LogP contribution in [0.4, 0.5) is 15.0 Å². The van der Waals surface area contributed by atoms with Crippen molar-refractivity contribution in [3.05, 3.63) is 24.1 Å². The minimum Gasteiger partial charge on any atom is -0.350 e. The van der Waals surface area contributed by atoms with Gasteiger partial charge >= 0.3 is 6.03 Å². The van der Waals surface area contributed by atoms with Crippen LogP contribution in [-0.4, -0.2) is 11.0 Å². The van der Waals surface area contributed by atoms with Crippen molar-refractivity contribution >= 4 is 11.8 Å². The molecule has 0 aromatic carbocycles. The first-order valence-electron chi connectivity index (χ1n) is 3.12. The second-order valence-electron chi connectivity index (χ2n) is 1.96. The first-order chi connectivity index (χ1) is 5.68. The van der Waals surface area contributed by atoms with Crippen LogP contribution < -0.4 is 16.6 Å². The van der Waals surface area contributed by atoms with Crippen molar-refractivity contribution in [2.75, 3.05) is 5.43 Å². The highest BCUT2D eigenvalue weighted by Gasteiger charge is 1.95. The molecular weight excluding hydrogens is 163 g/mol. The van der Waals surface area contributed by atoms with E-state index in [0.29, 0.717) is 0 Å². The number of nitrogens with one attached hydrogen (secondary N) is 2. The van der Waals surface area contributed by atoms with Gasteiger partial charge in [-0.2, -0.15) is 4.39 Å². The van der Waals surface area contributed by atoms with Gasteiger partial charge in [0, 0.05) is 0 Å². The van der Waals surface area contributed by atoms with Crippen molar-refractivity contribution in [1.29, 1.82) is 0 Å². The van der Waals surface area contributed by atoms with E-state index in [4.69, 9.17) is 5.73 Å². The summed E-state index contributed by atoms with van der Waals surface area (Å²) in [7, 11) is 0. The van der Waals surface area contributed by atoms with Gasteiger partial charge in [0.25, 0.3) is 0 Å². The van der Waals surface area contributed by atoms with Crippen molar-refractivity contribution in [3.8, 4) is 0 Å². The van der Waals surface area contributed by atoms with Gasteiger partial charge < -0.3 is 5.73 Å². The molecule has 1 heterocycles. The highest BCUT2D eigenvalue weighted by atomic mass is 19.1. The molecule has 6 heteroatoms. The molecule has 12 heavy (non-hydrogen) atoms. The number of hydrogen-bond acceptors (Lipinski definition) is 3. The minimum atomic E-state index is -0.763. The molecule has 0 unspecified atom stereocenters. The first-order valence-corrected chi connectivity index (χ1v) is 3.12. The molecule has 0 spiro atoms. The fourth-order valence-electron chi connectivity index (χ4n) is 0.604. The second-order valence-corrected chi connectivity index (χ2v) is 1.96. The molecule has 1 aromatic heterocycles. The lowest BCUT2D eigenvalue weighted by Crippen LogP contribution is -2.34. The zero-order chi connectivity index (χ0) is 8.97. The number of hydrogen-bond donors (Lipinski definition) is 3. The number of carbonyl (C=O) groups excluding carboxylic acids is 1. The van der Waals surface area contributed by atoms with Crippen LogP contribution in [0.5, 0.6) is 0 Å². The number of amides is 2. The smallest absolute Gasteiger partial charge is 0.330 e. The van der Waals surface area contributed by atoms with Crippen LogP contribution in [0, 0.1) is 5.95 Å². The van der Waals surface area contributed by atoms with Crippen LogP contribution in [-0.2, 0) is 0 Å². The Morgan fingerprint density at radius 3 is 2.92 bits per heavy atom. The molecule has 0 radical (unpaired) electrons. The van der Waals surface area contributed by atoms with Crippen LogP contribution in [0.3, 0.4) is 0 Å². The van der Waals surface area contributed by atoms with E-state index in [1.165, 1.54) is 18.2 Å². The van der Waals surface area contributed by atoms with E-state index in [1.54, 1.807) is 0 Å². The molecule has 1 aromatic rings. The summed E-state index contributed by atoms with van der Waals surface area (Å²) in [5.74, 6) is -0.444. The van der Waals surface area contributed by atoms with Crippen molar-refractivity contribution in [2.24, 2.45) is 5.73 Å². The van der Waals surface area contributed by atoms with Crippen LogP contribution in [0.2, 0.25) is 0 Å². The molecule has 64 valence electrons. The fourth-order valence-corrected chi connectivity index (χ4v) is 0.604.